The van der Waals surface area contributed by atoms with Crippen molar-refractivity contribution in [2.45, 2.75) is 19.4 Å². The normalized spacial score (nSPS) is 15.6. The Morgan fingerprint density at radius 2 is 2.21 bits per heavy atom. The molecule has 1 aliphatic rings. The maximum Gasteiger partial charge on any atom is 0.123 e. The van der Waals surface area contributed by atoms with Crippen LogP contribution in [0.2, 0.25) is 0 Å². The molecular formula is C11H14FNO. The van der Waals surface area contributed by atoms with Crippen molar-refractivity contribution in [3.63, 3.8) is 0 Å². The Morgan fingerprint density at radius 1 is 1.43 bits per heavy atom. The molecule has 0 radical (unpaired) electrons. The SMILES string of the molecule is NCc1cc(F)ccc1OCC1CC1. The first kappa shape index (κ1) is 9.46. The van der Waals surface area contributed by atoms with E-state index in [2.05, 4.69) is 0 Å². The smallest absolute Gasteiger partial charge is 0.123 e. The van der Waals surface area contributed by atoms with Crippen LogP contribution in [0, 0.1) is 11.7 Å². The van der Waals surface area contributed by atoms with E-state index in [-0.39, 0.29) is 5.82 Å². The summed E-state index contributed by atoms with van der Waals surface area (Å²) in [5.74, 6) is 1.16. The van der Waals surface area contributed by atoms with Gasteiger partial charge in [-0.2, -0.15) is 0 Å². The van der Waals surface area contributed by atoms with E-state index < -0.39 is 0 Å². The Bertz CT molecular complexity index is 323. The van der Waals surface area contributed by atoms with Crippen LogP contribution in [0.1, 0.15) is 18.4 Å². The lowest BCUT2D eigenvalue weighted by Gasteiger charge is -2.09. The minimum atomic E-state index is -0.260. The van der Waals surface area contributed by atoms with Gasteiger partial charge in [-0.3, -0.25) is 0 Å². The largest absolute Gasteiger partial charge is 0.493 e. The first-order chi connectivity index (χ1) is 6.79. The van der Waals surface area contributed by atoms with Crippen LogP contribution in [0.25, 0.3) is 0 Å². The van der Waals surface area contributed by atoms with E-state index >= 15 is 0 Å². The van der Waals surface area contributed by atoms with Gasteiger partial charge in [0.2, 0.25) is 0 Å². The lowest BCUT2D eigenvalue weighted by atomic mass is 10.2. The van der Waals surface area contributed by atoms with Gasteiger partial charge in [-0.1, -0.05) is 0 Å². The van der Waals surface area contributed by atoms with Crippen molar-refractivity contribution in [2.24, 2.45) is 11.7 Å². The number of nitrogens with two attached hydrogens (primary N) is 1. The van der Waals surface area contributed by atoms with E-state index in [1.54, 1.807) is 6.07 Å². The molecule has 2 N–H and O–H groups in total. The molecule has 1 aromatic carbocycles. The van der Waals surface area contributed by atoms with Gasteiger partial charge in [-0.25, -0.2) is 4.39 Å². The molecule has 1 aliphatic carbocycles. The van der Waals surface area contributed by atoms with Crippen LogP contribution in [-0.4, -0.2) is 6.61 Å². The Morgan fingerprint density at radius 3 is 2.86 bits per heavy atom. The van der Waals surface area contributed by atoms with Crippen LogP contribution in [0.15, 0.2) is 18.2 Å². The minimum absolute atomic E-state index is 0.260. The molecule has 0 heterocycles. The summed E-state index contributed by atoms with van der Waals surface area (Å²) in [6.45, 7) is 1.05. The van der Waals surface area contributed by atoms with Crippen molar-refractivity contribution in [1.82, 2.24) is 0 Å². The summed E-state index contributed by atoms with van der Waals surface area (Å²) in [4.78, 5) is 0. The van der Waals surface area contributed by atoms with Crippen molar-refractivity contribution in [1.29, 1.82) is 0 Å². The number of benzene rings is 1. The summed E-state index contributed by atoms with van der Waals surface area (Å²) in [6.07, 6.45) is 2.50. The molecule has 0 aliphatic heterocycles. The van der Waals surface area contributed by atoms with Crippen molar-refractivity contribution in [3.05, 3.63) is 29.6 Å². The van der Waals surface area contributed by atoms with Crippen molar-refractivity contribution >= 4 is 0 Å². The molecule has 76 valence electrons. The van der Waals surface area contributed by atoms with Crippen molar-refractivity contribution in [2.75, 3.05) is 6.61 Å². The summed E-state index contributed by atoms with van der Waals surface area (Å²) < 4.78 is 18.4. The average molecular weight is 195 g/mol. The number of halogens is 1. The second-order valence-electron chi connectivity index (χ2n) is 3.71. The number of ether oxygens (including phenoxy) is 1. The zero-order valence-corrected chi connectivity index (χ0v) is 8.00. The molecule has 2 nitrogen and oxygen atoms in total. The summed E-state index contributed by atoms with van der Waals surface area (Å²) in [6, 6.07) is 4.49. The third-order valence-electron chi connectivity index (χ3n) is 2.41. The molecule has 0 unspecified atom stereocenters. The molecule has 2 rings (SSSR count). The highest BCUT2D eigenvalue weighted by molar-refractivity contribution is 5.33. The third kappa shape index (κ3) is 2.23. The molecule has 0 saturated heterocycles. The molecule has 0 bridgehead atoms. The fourth-order valence-corrected chi connectivity index (χ4v) is 1.34. The lowest BCUT2D eigenvalue weighted by Crippen LogP contribution is -2.05. The zero-order valence-electron chi connectivity index (χ0n) is 8.00. The third-order valence-corrected chi connectivity index (χ3v) is 2.41. The maximum atomic E-state index is 12.8. The predicted octanol–water partition coefficient (Wildman–Crippen LogP) is 2.07. The van der Waals surface area contributed by atoms with Gasteiger partial charge in [0.25, 0.3) is 0 Å². The topological polar surface area (TPSA) is 35.2 Å². The molecule has 0 aromatic heterocycles. The summed E-state index contributed by atoms with van der Waals surface area (Å²) in [5, 5.41) is 0. The van der Waals surface area contributed by atoms with Crippen LogP contribution in [0.5, 0.6) is 5.75 Å². The molecule has 1 saturated carbocycles. The van der Waals surface area contributed by atoms with Crippen molar-refractivity contribution < 1.29 is 9.13 Å². The van der Waals surface area contributed by atoms with Gasteiger partial charge in [0.15, 0.2) is 0 Å². The minimum Gasteiger partial charge on any atom is -0.493 e. The molecule has 0 spiro atoms. The molecule has 0 atom stereocenters. The molecule has 1 aromatic rings. The van der Waals surface area contributed by atoms with Crippen LogP contribution < -0.4 is 10.5 Å². The van der Waals surface area contributed by atoms with Crippen LogP contribution in [-0.2, 0) is 6.54 Å². The Kier molecular flexibility index (Phi) is 2.68. The highest BCUT2D eigenvalue weighted by atomic mass is 19.1. The maximum absolute atomic E-state index is 12.8. The van der Waals surface area contributed by atoms with Crippen molar-refractivity contribution in [3.8, 4) is 5.75 Å². The number of hydrogen-bond donors (Lipinski definition) is 1. The summed E-state index contributed by atoms with van der Waals surface area (Å²) in [5.41, 5.74) is 6.24. The van der Waals surface area contributed by atoms with E-state index in [1.807, 2.05) is 0 Å². The highest BCUT2D eigenvalue weighted by Crippen LogP contribution is 2.30. The average Bonchev–Trinajstić information content (AvgIpc) is 2.99. The van der Waals surface area contributed by atoms with Gasteiger partial charge in [-0.05, 0) is 37.0 Å². The Hall–Kier alpha value is -1.09. The van der Waals surface area contributed by atoms with Crippen LogP contribution >= 0.6 is 0 Å². The number of hydrogen-bond acceptors (Lipinski definition) is 2. The van der Waals surface area contributed by atoms with Crippen LogP contribution in [0.3, 0.4) is 0 Å². The second kappa shape index (κ2) is 3.96. The van der Waals surface area contributed by atoms with Gasteiger partial charge in [0.1, 0.15) is 11.6 Å². The first-order valence-electron chi connectivity index (χ1n) is 4.91. The molecule has 1 fully saturated rings. The molecule has 14 heavy (non-hydrogen) atoms. The van der Waals surface area contributed by atoms with E-state index in [1.165, 1.54) is 25.0 Å². The van der Waals surface area contributed by atoms with Gasteiger partial charge in [0, 0.05) is 12.1 Å². The van der Waals surface area contributed by atoms with Gasteiger partial charge >= 0.3 is 0 Å². The van der Waals surface area contributed by atoms with E-state index in [0.29, 0.717) is 12.5 Å². The number of rotatable bonds is 4. The standard InChI is InChI=1S/C11H14FNO/c12-10-3-4-11(9(5-10)6-13)14-7-8-1-2-8/h3-5,8H,1-2,6-7,13H2. The first-order valence-corrected chi connectivity index (χ1v) is 4.91. The van der Waals surface area contributed by atoms with Gasteiger partial charge < -0.3 is 10.5 Å². The van der Waals surface area contributed by atoms with Crippen LogP contribution in [0.4, 0.5) is 4.39 Å². The quantitative estimate of drug-likeness (QED) is 0.798. The Balaban J connectivity index is 2.05. The summed E-state index contributed by atoms with van der Waals surface area (Å²) >= 11 is 0. The Labute approximate surface area is 82.9 Å². The van der Waals surface area contributed by atoms with Gasteiger partial charge in [0.05, 0.1) is 6.61 Å². The molecular weight excluding hydrogens is 181 g/mol. The lowest BCUT2D eigenvalue weighted by molar-refractivity contribution is 0.296. The fraction of sp³-hybridized carbons (Fsp3) is 0.455. The zero-order chi connectivity index (χ0) is 9.97. The van der Waals surface area contributed by atoms with E-state index in [4.69, 9.17) is 10.5 Å². The van der Waals surface area contributed by atoms with E-state index in [9.17, 15) is 4.39 Å². The summed E-state index contributed by atoms with van der Waals surface area (Å²) in [7, 11) is 0. The highest BCUT2D eigenvalue weighted by Gasteiger charge is 2.22. The van der Waals surface area contributed by atoms with Gasteiger partial charge in [-0.15, -0.1) is 0 Å². The molecule has 3 heteroatoms. The fourth-order valence-electron chi connectivity index (χ4n) is 1.34. The predicted molar refractivity (Wildman–Crippen MR) is 52.5 cm³/mol. The van der Waals surface area contributed by atoms with E-state index in [0.717, 1.165) is 17.9 Å². The molecule has 0 amide bonds. The second-order valence-corrected chi connectivity index (χ2v) is 3.71. The monoisotopic (exact) mass is 195 g/mol.